The van der Waals surface area contributed by atoms with Gasteiger partial charge in [0, 0.05) is 5.69 Å². The van der Waals surface area contributed by atoms with E-state index in [0.29, 0.717) is 11.2 Å². The molecule has 0 bridgehead atoms. The molecule has 0 atom stereocenters. The highest BCUT2D eigenvalue weighted by Gasteiger charge is 2.51. The summed E-state index contributed by atoms with van der Waals surface area (Å²) in [6.07, 6.45) is 0.867. The Balaban J connectivity index is 1.68. The fourth-order valence-electron chi connectivity index (χ4n) is 2.91. The lowest BCUT2D eigenvalue weighted by molar-refractivity contribution is 0.00578. The number of carbonyl (C=O) groups excluding carboxylic acids is 1. The molecule has 1 aliphatic rings. The molecule has 1 fully saturated rings. The molecule has 2 aromatic rings. The van der Waals surface area contributed by atoms with Crippen LogP contribution in [-0.2, 0) is 15.7 Å². The zero-order chi connectivity index (χ0) is 20.5. The van der Waals surface area contributed by atoms with Crippen LogP contribution in [0.5, 0.6) is 0 Å². The molecule has 2 N–H and O–H groups in total. The van der Waals surface area contributed by atoms with Crippen molar-refractivity contribution in [3.63, 3.8) is 0 Å². The molecule has 0 aromatic heterocycles. The highest BCUT2D eigenvalue weighted by molar-refractivity contribution is 6.62. The van der Waals surface area contributed by atoms with Crippen molar-refractivity contribution in [3.8, 4) is 0 Å². The van der Waals surface area contributed by atoms with Crippen LogP contribution in [0.25, 0.3) is 0 Å². The Morgan fingerprint density at radius 3 is 2.32 bits per heavy atom. The number of hydrogen-bond donors (Lipinski definition) is 2. The fraction of sp³-hybridized carbons (Fsp3) is 0.381. The largest absolute Gasteiger partial charge is 0.494 e. The minimum absolute atomic E-state index is 0.0874. The molecule has 0 unspecified atom stereocenters. The Morgan fingerprint density at radius 1 is 1.04 bits per heavy atom. The van der Waals surface area contributed by atoms with Crippen LogP contribution < -0.4 is 16.1 Å². The highest BCUT2D eigenvalue weighted by atomic mass is 19.1. The maximum Gasteiger partial charge on any atom is 0.494 e. The first-order valence-electron chi connectivity index (χ1n) is 9.43. The van der Waals surface area contributed by atoms with Crippen LogP contribution in [-0.4, -0.2) is 24.4 Å². The van der Waals surface area contributed by atoms with Crippen molar-refractivity contribution in [2.45, 2.75) is 52.2 Å². The topological polar surface area (TPSA) is 59.6 Å². The smallest absolute Gasteiger partial charge is 0.399 e. The lowest BCUT2D eigenvalue weighted by atomic mass is 9.79. The van der Waals surface area contributed by atoms with Crippen molar-refractivity contribution < 1.29 is 18.5 Å². The predicted octanol–water partition coefficient (Wildman–Crippen LogP) is 4.33. The SMILES string of the molecule is CCc1cccc(NC(=O)Nc2ccc(B3OC(C)(C)C(C)(C)O3)cc2F)c1. The molecule has 0 saturated carbocycles. The zero-order valence-electron chi connectivity index (χ0n) is 16.9. The van der Waals surface area contributed by atoms with Crippen LogP contribution in [0, 0.1) is 5.82 Å². The number of nitrogens with one attached hydrogen (secondary N) is 2. The Bertz CT molecular complexity index is 870. The number of halogens is 1. The average Bonchev–Trinajstić information content (AvgIpc) is 2.84. The van der Waals surface area contributed by atoms with Crippen molar-refractivity contribution in [2.24, 2.45) is 0 Å². The van der Waals surface area contributed by atoms with E-state index in [1.807, 2.05) is 52.8 Å². The van der Waals surface area contributed by atoms with Gasteiger partial charge in [-0.25, -0.2) is 9.18 Å². The molecule has 1 saturated heterocycles. The Hall–Kier alpha value is -2.38. The third kappa shape index (κ3) is 4.21. The minimum Gasteiger partial charge on any atom is -0.399 e. The molecule has 0 aliphatic carbocycles. The van der Waals surface area contributed by atoms with Crippen LogP contribution in [0.1, 0.15) is 40.2 Å². The van der Waals surface area contributed by atoms with E-state index in [4.69, 9.17) is 9.31 Å². The molecule has 0 spiro atoms. The van der Waals surface area contributed by atoms with Crippen molar-refractivity contribution in [1.29, 1.82) is 0 Å². The number of amides is 2. The summed E-state index contributed by atoms with van der Waals surface area (Å²) >= 11 is 0. The quantitative estimate of drug-likeness (QED) is 0.772. The van der Waals surface area contributed by atoms with Gasteiger partial charge in [-0.1, -0.05) is 25.1 Å². The van der Waals surface area contributed by atoms with Gasteiger partial charge in [-0.05, 0) is 69.4 Å². The molecule has 3 rings (SSSR count). The number of rotatable bonds is 4. The number of anilines is 2. The summed E-state index contributed by atoms with van der Waals surface area (Å²) in [7, 11) is -0.654. The first-order valence-corrected chi connectivity index (χ1v) is 9.43. The van der Waals surface area contributed by atoms with Gasteiger partial charge in [0.05, 0.1) is 16.9 Å². The maximum absolute atomic E-state index is 14.6. The lowest BCUT2D eigenvalue weighted by Crippen LogP contribution is -2.41. The van der Waals surface area contributed by atoms with Crippen molar-refractivity contribution in [1.82, 2.24) is 0 Å². The van der Waals surface area contributed by atoms with Gasteiger partial charge < -0.3 is 19.9 Å². The Labute approximate surface area is 165 Å². The third-order valence-corrected chi connectivity index (χ3v) is 5.36. The Kier molecular flexibility index (Phi) is 5.50. The van der Waals surface area contributed by atoms with Crippen LogP contribution in [0.3, 0.4) is 0 Å². The van der Waals surface area contributed by atoms with E-state index in [-0.39, 0.29) is 5.69 Å². The molecule has 7 heteroatoms. The minimum atomic E-state index is -0.654. The molecule has 5 nitrogen and oxygen atoms in total. The second-order valence-corrected chi connectivity index (χ2v) is 7.96. The van der Waals surface area contributed by atoms with Crippen molar-refractivity contribution in [2.75, 3.05) is 10.6 Å². The summed E-state index contributed by atoms with van der Waals surface area (Å²) in [4.78, 5) is 12.2. The molecular formula is C21H26BFN2O3. The fourth-order valence-corrected chi connectivity index (χ4v) is 2.91. The van der Waals surface area contributed by atoms with Gasteiger partial charge >= 0.3 is 13.1 Å². The van der Waals surface area contributed by atoms with Gasteiger partial charge in [-0.2, -0.15) is 0 Å². The van der Waals surface area contributed by atoms with Crippen LogP contribution >= 0.6 is 0 Å². The first kappa shape index (κ1) is 20.4. The third-order valence-electron chi connectivity index (χ3n) is 5.36. The average molecular weight is 384 g/mol. The van der Waals surface area contributed by atoms with Gasteiger partial charge in [0.1, 0.15) is 5.82 Å². The molecule has 148 valence electrons. The van der Waals surface area contributed by atoms with Crippen molar-refractivity contribution >= 4 is 30.0 Å². The number of benzene rings is 2. The normalized spacial score (nSPS) is 17.4. The number of aryl methyl sites for hydroxylation is 1. The van der Waals surface area contributed by atoms with E-state index in [1.54, 1.807) is 12.1 Å². The Morgan fingerprint density at radius 2 is 1.71 bits per heavy atom. The zero-order valence-corrected chi connectivity index (χ0v) is 16.9. The van der Waals surface area contributed by atoms with Gasteiger partial charge in [0.15, 0.2) is 0 Å². The monoisotopic (exact) mass is 384 g/mol. The summed E-state index contributed by atoms with van der Waals surface area (Å²) in [5, 5.41) is 5.26. The van der Waals surface area contributed by atoms with Crippen LogP contribution in [0.15, 0.2) is 42.5 Å². The molecule has 0 radical (unpaired) electrons. The molecule has 28 heavy (non-hydrogen) atoms. The molecule has 2 aromatic carbocycles. The van der Waals surface area contributed by atoms with Gasteiger partial charge in [0.25, 0.3) is 0 Å². The summed E-state index contributed by atoms with van der Waals surface area (Å²) in [6, 6.07) is 11.6. The van der Waals surface area contributed by atoms with E-state index in [1.165, 1.54) is 12.1 Å². The van der Waals surface area contributed by atoms with E-state index >= 15 is 0 Å². The maximum atomic E-state index is 14.6. The van der Waals surface area contributed by atoms with Crippen LogP contribution in [0.2, 0.25) is 0 Å². The van der Waals surface area contributed by atoms with Crippen molar-refractivity contribution in [3.05, 3.63) is 53.8 Å². The van der Waals surface area contributed by atoms with E-state index < -0.39 is 30.2 Å². The molecular weight excluding hydrogens is 358 g/mol. The summed E-state index contributed by atoms with van der Waals surface area (Å²) in [5.74, 6) is -0.551. The van der Waals surface area contributed by atoms with E-state index in [0.717, 1.165) is 12.0 Å². The first-order chi connectivity index (χ1) is 13.1. The standard InChI is InChI=1S/C21H26BFN2O3/c1-6-14-8-7-9-16(12-14)24-19(26)25-18-11-10-15(13-17(18)23)22-27-20(2,3)21(4,5)28-22/h7-13H,6H2,1-5H3,(H2,24,25,26). The van der Waals surface area contributed by atoms with E-state index in [2.05, 4.69) is 10.6 Å². The number of hydrogen-bond acceptors (Lipinski definition) is 3. The highest BCUT2D eigenvalue weighted by Crippen LogP contribution is 2.36. The summed E-state index contributed by atoms with van der Waals surface area (Å²) < 4.78 is 26.4. The number of carbonyl (C=O) groups is 1. The van der Waals surface area contributed by atoms with E-state index in [9.17, 15) is 9.18 Å². The molecule has 2 amide bonds. The second-order valence-electron chi connectivity index (χ2n) is 7.96. The predicted molar refractivity (Wildman–Crippen MR) is 111 cm³/mol. The lowest BCUT2D eigenvalue weighted by Gasteiger charge is -2.32. The molecule has 1 heterocycles. The van der Waals surface area contributed by atoms with Gasteiger partial charge in [-0.3, -0.25) is 0 Å². The van der Waals surface area contributed by atoms with Gasteiger partial charge in [-0.15, -0.1) is 0 Å². The molecule has 1 aliphatic heterocycles. The summed E-state index contributed by atoms with van der Waals surface area (Å²) in [5.41, 5.74) is 1.42. The second kappa shape index (κ2) is 7.56. The van der Waals surface area contributed by atoms with Crippen LogP contribution in [0.4, 0.5) is 20.6 Å². The summed E-state index contributed by atoms with van der Waals surface area (Å²) in [6.45, 7) is 9.80. The van der Waals surface area contributed by atoms with Gasteiger partial charge in [0.2, 0.25) is 0 Å². The number of urea groups is 1.